The number of hydrogen-bond acceptors (Lipinski definition) is 2. The fourth-order valence-corrected chi connectivity index (χ4v) is 4.16. The molecule has 4 atom stereocenters. The second-order valence-electron chi connectivity index (χ2n) is 6.47. The van der Waals surface area contributed by atoms with Crippen LogP contribution < -0.4 is 5.73 Å². The predicted molar refractivity (Wildman–Crippen MR) is 69.4 cm³/mol. The SMILES string of the molecule is CC1CC(C)N(C2(CN)CCCC(C)C2)C1. The maximum absolute atomic E-state index is 6.15. The molecule has 2 N–H and O–H groups in total. The molecule has 1 aliphatic heterocycles. The maximum atomic E-state index is 6.15. The van der Waals surface area contributed by atoms with Gasteiger partial charge in [-0.05, 0) is 38.0 Å². The van der Waals surface area contributed by atoms with Crippen molar-refractivity contribution in [2.24, 2.45) is 17.6 Å². The molecule has 16 heavy (non-hydrogen) atoms. The minimum Gasteiger partial charge on any atom is -0.329 e. The van der Waals surface area contributed by atoms with E-state index in [1.165, 1.54) is 38.6 Å². The van der Waals surface area contributed by atoms with Crippen LogP contribution in [0.15, 0.2) is 0 Å². The summed E-state index contributed by atoms with van der Waals surface area (Å²) in [4.78, 5) is 2.74. The summed E-state index contributed by atoms with van der Waals surface area (Å²) in [6, 6.07) is 0.740. The molecule has 1 aliphatic carbocycles. The topological polar surface area (TPSA) is 29.3 Å². The predicted octanol–water partition coefficient (Wildman–Crippen LogP) is 2.62. The molecule has 0 aromatic rings. The van der Waals surface area contributed by atoms with Crippen molar-refractivity contribution in [2.75, 3.05) is 13.1 Å². The lowest BCUT2D eigenvalue weighted by atomic mass is 9.75. The van der Waals surface area contributed by atoms with Gasteiger partial charge in [-0.15, -0.1) is 0 Å². The van der Waals surface area contributed by atoms with Gasteiger partial charge in [0.1, 0.15) is 0 Å². The normalized spacial score (nSPS) is 46.1. The van der Waals surface area contributed by atoms with Crippen LogP contribution >= 0.6 is 0 Å². The molecule has 2 aliphatic rings. The van der Waals surface area contributed by atoms with Gasteiger partial charge >= 0.3 is 0 Å². The minimum atomic E-state index is 0.335. The minimum absolute atomic E-state index is 0.335. The molecule has 2 rings (SSSR count). The standard InChI is InChI=1S/C14H28N2/c1-11-5-4-6-14(8-11,10-15)16-9-12(2)7-13(16)3/h11-13H,4-10,15H2,1-3H3. The highest BCUT2D eigenvalue weighted by Crippen LogP contribution is 2.40. The largest absolute Gasteiger partial charge is 0.329 e. The van der Waals surface area contributed by atoms with Gasteiger partial charge in [-0.2, -0.15) is 0 Å². The van der Waals surface area contributed by atoms with Gasteiger partial charge in [0, 0.05) is 24.7 Å². The number of nitrogens with zero attached hydrogens (tertiary/aromatic N) is 1. The van der Waals surface area contributed by atoms with Gasteiger partial charge in [0.25, 0.3) is 0 Å². The Morgan fingerprint density at radius 3 is 2.50 bits per heavy atom. The van der Waals surface area contributed by atoms with Crippen LogP contribution in [0.3, 0.4) is 0 Å². The van der Waals surface area contributed by atoms with E-state index in [1.807, 2.05) is 0 Å². The summed E-state index contributed by atoms with van der Waals surface area (Å²) < 4.78 is 0. The molecule has 2 nitrogen and oxygen atoms in total. The third-order valence-corrected chi connectivity index (χ3v) is 4.84. The van der Waals surface area contributed by atoms with Crippen molar-refractivity contribution in [1.29, 1.82) is 0 Å². The van der Waals surface area contributed by atoms with Crippen molar-refractivity contribution in [2.45, 2.75) is 64.5 Å². The lowest BCUT2D eigenvalue weighted by molar-refractivity contribution is 0.0321. The summed E-state index contributed by atoms with van der Waals surface area (Å²) in [6.07, 6.45) is 6.77. The van der Waals surface area contributed by atoms with E-state index in [1.54, 1.807) is 0 Å². The highest BCUT2D eigenvalue weighted by atomic mass is 15.3. The van der Waals surface area contributed by atoms with Gasteiger partial charge in [-0.1, -0.05) is 26.7 Å². The van der Waals surface area contributed by atoms with Crippen LogP contribution in [0, 0.1) is 11.8 Å². The van der Waals surface area contributed by atoms with Crippen LogP contribution in [0.2, 0.25) is 0 Å². The van der Waals surface area contributed by atoms with Gasteiger partial charge in [0.05, 0.1) is 0 Å². The summed E-state index contributed by atoms with van der Waals surface area (Å²) in [5, 5.41) is 0. The lowest BCUT2D eigenvalue weighted by Crippen LogP contribution is -2.57. The van der Waals surface area contributed by atoms with Crippen molar-refractivity contribution in [3.8, 4) is 0 Å². The van der Waals surface area contributed by atoms with E-state index in [0.29, 0.717) is 5.54 Å². The van der Waals surface area contributed by atoms with E-state index in [2.05, 4.69) is 25.7 Å². The van der Waals surface area contributed by atoms with Gasteiger partial charge in [0.2, 0.25) is 0 Å². The molecule has 0 amide bonds. The van der Waals surface area contributed by atoms with Gasteiger partial charge in [0.15, 0.2) is 0 Å². The molecule has 2 heteroatoms. The molecule has 0 radical (unpaired) electrons. The third-order valence-electron chi connectivity index (χ3n) is 4.84. The molecule has 0 bridgehead atoms. The first-order chi connectivity index (χ1) is 7.57. The van der Waals surface area contributed by atoms with E-state index in [0.717, 1.165) is 24.4 Å². The monoisotopic (exact) mass is 224 g/mol. The smallest absolute Gasteiger partial charge is 0.0337 e. The number of hydrogen-bond donors (Lipinski definition) is 1. The molecule has 0 aromatic carbocycles. The van der Waals surface area contributed by atoms with Crippen molar-refractivity contribution in [3.63, 3.8) is 0 Å². The van der Waals surface area contributed by atoms with Gasteiger partial charge in [-0.3, -0.25) is 4.90 Å². The second kappa shape index (κ2) is 4.66. The van der Waals surface area contributed by atoms with Crippen molar-refractivity contribution in [3.05, 3.63) is 0 Å². The molecule has 4 unspecified atom stereocenters. The highest BCUT2D eigenvalue weighted by molar-refractivity contribution is 5.00. The summed E-state index contributed by atoms with van der Waals surface area (Å²) in [5.74, 6) is 1.72. The summed E-state index contributed by atoms with van der Waals surface area (Å²) in [7, 11) is 0. The Morgan fingerprint density at radius 2 is 2.00 bits per heavy atom. The molecular weight excluding hydrogens is 196 g/mol. The van der Waals surface area contributed by atoms with E-state index in [-0.39, 0.29) is 0 Å². The Balaban J connectivity index is 2.14. The van der Waals surface area contributed by atoms with E-state index < -0.39 is 0 Å². The first-order valence-corrected chi connectivity index (χ1v) is 7.04. The lowest BCUT2D eigenvalue weighted by Gasteiger charge is -2.48. The number of rotatable bonds is 2. The Morgan fingerprint density at radius 1 is 1.25 bits per heavy atom. The Bertz CT molecular complexity index is 241. The fourth-order valence-electron chi connectivity index (χ4n) is 4.16. The van der Waals surface area contributed by atoms with Crippen LogP contribution in [0.25, 0.3) is 0 Å². The van der Waals surface area contributed by atoms with E-state index >= 15 is 0 Å². The molecule has 1 saturated heterocycles. The summed E-state index contributed by atoms with van der Waals surface area (Å²) in [5.41, 5.74) is 6.48. The Labute approximate surface area is 101 Å². The molecule has 0 aromatic heterocycles. The molecule has 2 fully saturated rings. The van der Waals surface area contributed by atoms with Crippen LogP contribution in [-0.2, 0) is 0 Å². The first-order valence-electron chi connectivity index (χ1n) is 7.04. The fraction of sp³-hybridized carbons (Fsp3) is 1.00. The van der Waals surface area contributed by atoms with Crippen molar-refractivity contribution in [1.82, 2.24) is 4.90 Å². The summed E-state index contributed by atoms with van der Waals surface area (Å²) >= 11 is 0. The van der Waals surface area contributed by atoms with Gasteiger partial charge in [-0.25, -0.2) is 0 Å². The van der Waals surface area contributed by atoms with Crippen LogP contribution in [0.4, 0.5) is 0 Å². The zero-order chi connectivity index (χ0) is 11.8. The molecule has 1 saturated carbocycles. The summed E-state index contributed by atoms with van der Waals surface area (Å²) in [6.45, 7) is 9.29. The van der Waals surface area contributed by atoms with E-state index in [9.17, 15) is 0 Å². The molecule has 1 heterocycles. The van der Waals surface area contributed by atoms with Crippen LogP contribution in [-0.4, -0.2) is 29.6 Å². The van der Waals surface area contributed by atoms with Crippen molar-refractivity contribution < 1.29 is 0 Å². The molecule has 94 valence electrons. The number of likely N-dealkylation sites (tertiary alicyclic amines) is 1. The van der Waals surface area contributed by atoms with Crippen molar-refractivity contribution >= 4 is 0 Å². The average molecular weight is 224 g/mol. The number of nitrogens with two attached hydrogens (primary N) is 1. The van der Waals surface area contributed by atoms with Crippen LogP contribution in [0.1, 0.15) is 52.9 Å². The van der Waals surface area contributed by atoms with Crippen LogP contribution in [0.5, 0.6) is 0 Å². The molecule has 0 spiro atoms. The average Bonchev–Trinajstić information content (AvgIpc) is 2.58. The van der Waals surface area contributed by atoms with E-state index in [4.69, 9.17) is 5.73 Å². The highest BCUT2D eigenvalue weighted by Gasteiger charge is 2.44. The molecular formula is C14H28N2. The second-order valence-corrected chi connectivity index (χ2v) is 6.47. The zero-order valence-electron chi connectivity index (χ0n) is 11.2. The Kier molecular flexibility index (Phi) is 3.60. The third kappa shape index (κ3) is 2.14. The quantitative estimate of drug-likeness (QED) is 0.781. The Hall–Kier alpha value is -0.0800. The van der Waals surface area contributed by atoms with Gasteiger partial charge < -0.3 is 5.73 Å². The zero-order valence-corrected chi connectivity index (χ0v) is 11.2. The maximum Gasteiger partial charge on any atom is 0.0337 e. The first kappa shape index (κ1) is 12.4.